The lowest BCUT2D eigenvalue weighted by atomic mass is 9.58. The Hall–Kier alpha value is -2.62. The van der Waals surface area contributed by atoms with Gasteiger partial charge >= 0.3 is 5.92 Å². The molecule has 0 aliphatic carbocycles. The number of carbonyl (C=O) groups excluding carboxylic acids is 1. The lowest BCUT2D eigenvalue weighted by molar-refractivity contribution is -0.151. The molecule has 5 rings (SSSR count). The minimum Gasteiger partial charge on any atom is -0.486 e. The molecular weight excluding hydrogens is 525 g/mol. The molecule has 39 heavy (non-hydrogen) atoms. The van der Waals surface area contributed by atoms with Crippen molar-refractivity contribution in [3.8, 4) is 11.5 Å². The number of rotatable bonds is 7. The summed E-state index contributed by atoms with van der Waals surface area (Å²) in [4.78, 5) is 14.3. The minimum atomic E-state index is -4.12. The van der Waals surface area contributed by atoms with Crippen molar-refractivity contribution in [2.24, 2.45) is 0 Å². The Morgan fingerprint density at radius 1 is 1.05 bits per heavy atom. The standard InChI is InChI=1S/C25H21B4ClF2N2O5/c26-23(27)5-6-24(28,29)34(23)12-16(21(35)13-1-3-18-19(10-13)38-8-7-37-18)33-22(36)25(31,32)20-11-14-9-15(30)2-4-17(14)39-20/h1-4,9-11,16,21,35H,5-8,12H2,(H,33,36)/t16-,21-/m1/s1. The topological polar surface area (TPSA) is 84.2 Å². The number of aliphatic hydroxyl groups excluding tert-OH is 1. The number of hydrogen-bond acceptors (Lipinski definition) is 6. The van der Waals surface area contributed by atoms with Crippen molar-refractivity contribution < 1.29 is 32.6 Å². The number of fused-ring (bicyclic) bond motifs is 2. The van der Waals surface area contributed by atoms with E-state index in [4.69, 9.17) is 56.9 Å². The first-order valence-electron chi connectivity index (χ1n) is 12.2. The van der Waals surface area contributed by atoms with E-state index in [1.165, 1.54) is 35.2 Å². The summed E-state index contributed by atoms with van der Waals surface area (Å²) >= 11 is 5.94. The Bertz CT molecular complexity index is 1390. The molecule has 14 heteroatoms. The Morgan fingerprint density at radius 2 is 1.72 bits per heavy atom. The second-order valence-electron chi connectivity index (χ2n) is 9.89. The zero-order valence-electron chi connectivity index (χ0n) is 20.7. The number of hydrogen-bond donors (Lipinski definition) is 2. The van der Waals surface area contributed by atoms with Crippen LogP contribution in [0, 0.1) is 0 Å². The minimum absolute atomic E-state index is 0.124. The predicted octanol–water partition coefficient (Wildman–Crippen LogP) is 2.25. The summed E-state index contributed by atoms with van der Waals surface area (Å²) in [5.74, 6) is -5.93. The molecule has 1 saturated heterocycles. The zero-order chi connectivity index (χ0) is 28.2. The van der Waals surface area contributed by atoms with Crippen molar-refractivity contribution in [2.75, 3.05) is 19.8 Å². The van der Waals surface area contributed by atoms with Crippen molar-refractivity contribution in [1.82, 2.24) is 10.2 Å². The van der Waals surface area contributed by atoms with Gasteiger partial charge in [-0.25, -0.2) is 0 Å². The molecule has 194 valence electrons. The van der Waals surface area contributed by atoms with Gasteiger partial charge in [0.1, 0.15) is 24.9 Å². The van der Waals surface area contributed by atoms with Crippen LogP contribution >= 0.6 is 11.6 Å². The molecule has 1 aromatic heterocycles. The summed E-state index contributed by atoms with van der Waals surface area (Å²) < 4.78 is 47.1. The van der Waals surface area contributed by atoms with Crippen LogP contribution in [0.15, 0.2) is 46.9 Å². The van der Waals surface area contributed by atoms with E-state index in [2.05, 4.69) is 5.32 Å². The second kappa shape index (κ2) is 10.1. The van der Waals surface area contributed by atoms with Gasteiger partial charge in [0.15, 0.2) is 17.3 Å². The number of carbonyl (C=O) groups is 1. The van der Waals surface area contributed by atoms with Gasteiger partial charge in [0.25, 0.3) is 5.91 Å². The average molecular weight is 546 g/mol. The molecule has 7 nitrogen and oxygen atoms in total. The molecule has 2 aliphatic rings. The smallest absolute Gasteiger partial charge is 0.380 e. The van der Waals surface area contributed by atoms with Crippen molar-refractivity contribution >= 4 is 59.9 Å². The van der Waals surface area contributed by atoms with E-state index in [1.807, 2.05) is 0 Å². The summed E-state index contributed by atoms with van der Waals surface area (Å²) in [6, 6.07) is 8.57. The first-order valence-corrected chi connectivity index (χ1v) is 12.5. The van der Waals surface area contributed by atoms with Gasteiger partial charge in [-0.1, -0.05) is 41.2 Å². The molecule has 3 aromatic rings. The Kier molecular flexibility index (Phi) is 7.23. The van der Waals surface area contributed by atoms with Crippen molar-refractivity contribution in [1.29, 1.82) is 0 Å². The third-order valence-corrected chi connectivity index (χ3v) is 7.22. The van der Waals surface area contributed by atoms with Crippen molar-refractivity contribution in [3.05, 3.63) is 58.8 Å². The number of nitrogens with one attached hydrogen (secondary N) is 1. The summed E-state index contributed by atoms with van der Waals surface area (Å²) in [5, 5.41) is 11.1. The fraction of sp³-hybridized carbons (Fsp3) is 0.400. The van der Waals surface area contributed by atoms with E-state index in [1.54, 1.807) is 6.07 Å². The third-order valence-electron chi connectivity index (χ3n) is 6.99. The quantitative estimate of drug-likeness (QED) is 0.443. The molecule has 3 heterocycles. The van der Waals surface area contributed by atoms with Crippen LogP contribution in [0.25, 0.3) is 11.0 Å². The number of likely N-dealkylation sites (tertiary alicyclic amines) is 1. The summed E-state index contributed by atoms with van der Waals surface area (Å²) in [6.45, 7) is 0.296. The number of aliphatic hydroxyl groups is 1. The number of halogens is 3. The van der Waals surface area contributed by atoms with E-state index in [0.717, 1.165) is 6.07 Å². The Balaban J connectivity index is 1.46. The molecule has 1 fully saturated rings. The highest BCUT2D eigenvalue weighted by atomic mass is 35.5. The highest BCUT2D eigenvalue weighted by Gasteiger charge is 2.48. The highest BCUT2D eigenvalue weighted by molar-refractivity contribution is 6.45. The highest BCUT2D eigenvalue weighted by Crippen LogP contribution is 2.38. The largest absolute Gasteiger partial charge is 0.486 e. The molecule has 8 radical (unpaired) electrons. The van der Waals surface area contributed by atoms with Gasteiger partial charge in [-0.15, -0.1) is 0 Å². The number of ether oxygens (including phenoxy) is 2. The van der Waals surface area contributed by atoms with E-state index in [-0.39, 0.29) is 30.5 Å². The first-order chi connectivity index (χ1) is 18.3. The molecule has 0 bridgehead atoms. The summed E-state index contributed by atoms with van der Waals surface area (Å²) in [5.41, 5.74) is 0.378. The van der Waals surface area contributed by atoms with Gasteiger partial charge in [-0.05, 0) is 42.0 Å². The van der Waals surface area contributed by atoms with Crippen LogP contribution in [0.4, 0.5) is 8.78 Å². The third kappa shape index (κ3) is 5.41. The van der Waals surface area contributed by atoms with Crippen molar-refractivity contribution in [3.63, 3.8) is 0 Å². The van der Waals surface area contributed by atoms with Gasteiger partial charge in [-0.3, -0.25) is 4.79 Å². The van der Waals surface area contributed by atoms with E-state index < -0.39 is 40.4 Å². The number of benzene rings is 2. The number of nitrogens with zero attached hydrogens (tertiary/aromatic N) is 1. The number of alkyl halides is 2. The molecule has 2 aliphatic heterocycles. The van der Waals surface area contributed by atoms with E-state index in [9.17, 15) is 9.90 Å². The SMILES string of the molecule is [B]C1([B])CCC([B])([B])N1C[C@@H](NC(=O)C(F)(F)c1cc2cc(Cl)ccc2o1)[C@H](O)c1ccc2c(c1)OCCO2. The lowest BCUT2D eigenvalue weighted by Gasteiger charge is -2.45. The maximum atomic E-state index is 15.4. The Labute approximate surface area is 234 Å². The number of amides is 1. The van der Waals surface area contributed by atoms with Gasteiger partial charge < -0.3 is 29.2 Å². The molecular formula is C25H21B4ClF2N2O5. The van der Waals surface area contributed by atoms with E-state index in [0.29, 0.717) is 35.1 Å². The summed E-state index contributed by atoms with van der Waals surface area (Å²) in [7, 11) is 24.7. The number of furan rings is 1. The van der Waals surface area contributed by atoms with Crippen LogP contribution in [0.2, 0.25) is 5.02 Å². The second-order valence-corrected chi connectivity index (χ2v) is 10.3. The molecule has 2 atom stereocenters. The molecule has 0 spiro atoms. The van der Waals surface area contributed by atoms with E-state index >= 15 is 8.78 Å². The van der Waals surface area contributed by atoms with Crippen LogP contribution in [-0.4, -0.2) is 83.8 Å². The van der Waals surface area contributed by atoms with Crippen LogP contribution in [0.1, 0.15) is 30.3 Å². The van der Waals surface area contributed by atoms with Gasteiger partial charge in [0.2, 0.25) is 0 Å². The molecule has 2 N–H and O–H groups in total. The van der Waals surface area contributed by atoms with Gasteiger partial charge in [-0.2, -0.15) is 8.78 Å². The molecule has 0 saturated carbocycles. The maximum Gasteiger partial charge on any atom is 0.380 e. The predicted molar refractivity (Wildman–Crippen MR) is 144 cm³/mol. The van der Waals surface area contributed by atoms with Gasteiger partial charge in [0.05, 0.1) is 37.4 Å². The van der Waals surface area contributed by atoms with Crippen LogP contribution in [0.5, 0.6) is 11.5 Å². The molecule has 1 amide bonds. The maximum absolute atomic E-state index is 15.4. The fourth-order valence-corrected chi connectivity index (χ4v) is 5.02. The molecule has 0 unspecified atom stereocenters. The molecule has 2 aromatic carbocycles. The van der Waals surface area contributed by atoms with Crippen LogP contribution < -0.4 is 14.8 Å². The zero-order valence-corrected chi connectivity index (χ0v) is 21.5. The monoisotopic (exact) mass is 546 g/mol. The summed E-state index contributed by atoms with van der Waals surface area (Å²) in [6.07, 6.45) is -1.14. The fourth-order valence-electron chi connectivity index (χ4n) is 4.84. The van der Waals surface area contributed by atoms with Crippen LogP contribution in [0.3, 0.4) is 0 Å². The normalized spacial score (nSPS) is 20.0. The van der Waals surface area contributed by atoms with Gasteiger partial charge in [0, 0.05) is 17.0 Å². The van der Waals surface area contributed by atoms with Crippen LogP contribution in [-0.2, 0) is 10.7 Å². The lowest BCUT2D eigenvalue weighted by Crippen LogP contribution is -2.61. The average Bonchev–Trinajstić information content (AvgIpc) is 3.41. The van der Waals surface area contributed by atoms with Crippen molar-refractivity contribution in [2.45, 2.75) is 41.6 Å². The Morgan fingerprint density at radius 3 is 2.41 bits per heavy atom. The first kappa shape index (κ1) is 27.9.